The molecule has 2 atom stereocenters. The van der Waals surface area contributed by atoms with Gasteiger partial charge in [-0.05, 0) is 19.3 Å². The highest BCUT2D eigenvalue weighted by Crippen LogP contribution is 2.04. The zero-order chi connectivity index (χ0) is 8.69. The van der Waals surface area contributed by atoms with E-state index in [1.807, 2.05) is 0 Å². The van der Waals surface area contributed by atoms with Crippen molar-refractivity contribution < 1.29 is 15.3 Å². The summed E-state index contributed by atoms with van der Waals surface area (Å²) in [5, 5.41) is 26.2. The van der Waals surface area contributed by atoms with Gasteiger partial charge in [-0.3, -0.25) is 0 Å². The first kappa shape index (κ1) is 10.8. The number of nitrogens with two attached hydrogens (primary N) is 1. The van der Waals surface area contributed by atoms with Crippen LogP contribution in [0.2, 0.25) is 0 Å². The molecule has 0 bridgehead atoms. The first-order valence-electron chi connectivity index (χ1n) is 3.89. The van der Waals surface area contributed by atoms with E-state index in [1.165, 1.54) is 0 Å². The molecule has 0 aromatic rings. The van der Waals surface area contributed by atoms with Gasteiger partial charge in [-0.25, -0.2) is 0 Å². The first-order chi connectivity index (χ1) is 5.16. The highest BCUT2D eigenvalue weighted by Gasteiger charge is 2.06. The summed E-state index contributed by atoms with van der Waals surface area (Å²) < 4.78 is 0. The number of hydrogen-bond acceptors (Lipinski definition) is 4. The fourth-order valence-corrected chi connectivity index (χ4v) is 0.888. The summed E-state index contributed by atoms with van der Waals surface area (Å²) in [5.41, 5.74) is 5.04. The van der Waals surface area contributed by atoms with E-state index in [2.05, 4.69) is 0 Å². The highest BCUT2D eigenvalue weighted by atomic mass is 16.3. The van der Waals surface area contributed by atoms with Crippen LogP contribution in [0.3, 0.4) is 0 Å². The van der Waals surface area contributed by atoms with Gasteiger partial charge in [0.1, 0.15) is 6.23 Å². The van der Waals surface area contributed by atoms with Crippen molar-refractivity contribution >= 4 is 0 Å². The van der Waals surface area contributed by atoms with E-state index in [0.29, 0.717) is 12.8 Å². The van der Waals surface area contributed by atoms with Gasteiger partial charge in [0.2, 0.25) is 0 Å². The lowest BCUT2D eigenvalue weighted by atomic mass is 10.1. The smallest absolute Gasteiger partial charge is 0.104 e. The topological polar surface area (TPSA) is 86.7 Å². The van der Waals surface area contributed by atoms with Crippen molar-refractivity contribution in [3.63, 3.8) is 0 Å². The molecule has 11 heavy (non-hydrogen) atoms. The minimum Gasteiger partial charge on any atom is -0.396 e. The Bertz CT molecular complexity index is 87.8. The van der Waals surface area contributed by atoms with Crippen molar-refractivity contribution in [2.45, 2.75) is 38.0 Å². The van der Waals surface area contributed by atoms with Crippen LogP contribution < -0.4 is 5.73 Å². The molecule has 0 aliphatic heterocycles. The van der Waals surface area contributed by atoms with Gasteiger partial charge in [-0.2, -0.15) is 0 Å². The zero-order valence-corrected chi connectivity index (χ0v) is 6.61. The Balaban J connectivity index is 3.15. The Kier molecular flexibility index (Phi) is 6.45. The largest absolute Gasteiger partial charge is 0.396 e. The molecule has 0 saturated heterocycles. The van der Waals surface area contributed by atoms with Crippen molar-refractivity contribution in [3.05, 3.63) is 0 Å². The van der Waals surface area contributed by atoms with Crippen LogP contribution >= 0.6 is 0 Å². The van der Waals surface area contributed by atoms with E-state index in [1.54, 1.807) is 0 Å². The van der Waals surface area contributed by atoms with E-state index >= 15 is 0 Å². The molecule has 0 aromatic carbocycles. The second kappa shape index (κ2) is 6.54. The minimum absolute atomic E-state index is 0.151. The van der Waals surface area contributed by atoms with Gasteiger partial charge in [0.05, 0.1) is 6.10 Å². The second-order valence-corrected chi connectivity index (χ2v) is 2.68. The fraction of sp³-hybridized carbons (Fsp3) is 1.00. The van der Waals surface area contributed by atoms with Gasteiger partial charge in [0.25, 0.3) is 0 Å². The lowest BCUT2D eigenvalue weighted by molar-refractivity contribution is 0.0767. The van der Waals surface area contributed by atoms with Crippen molar-refractivity contribution in [2.24, 2.45) is 5.73 Å². The molecule has 0 radical (unpaired) electrons. The van der Waals surface area contributed by atoms with Crippen LogP contribution in [-0.2, 0) is 0 Å². The molecule has 0 spiro atoms. The number of aliphatic hydroxyl groups is 3. The van der Waals surface area contributed by atoms with Crippen molar-refractivity contribution in [1.82, 2.24) is 0 Å². The fourth-order valence-electron chi connectivity index (χ4n) is 0.888. The average molecular weight is 163 g/mol. The number of hydrogen-bond donors (Lipinski definition) is 4. The van der Waals surface area contributed by atoms with Crippen LogP contribution in [0.15, 0.2) is 0 Å². The standard InChI is InChI=1S/C7H17NO3/c8-7(11)5-6(10)3-1-2-4-9/h6-7,9-11H,1-5,8H2. The molecule has 0 amide bonds. The van der Waals surface area contributed by atoms with Crippen molar-refractivity contribution in [3.8, 4) is 0 Å². The van der Waals surface area contributed by atoms with Gasteiger partial charge < -0.3 is 21.1 Å². The van der Waals surface area contributed by atoms with Gasteiger partial charge in [0, 0.05) is 13.0 Å². The third-order valence-corrected chi connectivity index (χ3v) is 1.46. The Morgan fingerprint density at radius 1 is 1.18 bits per heavy atom. The lowest BCUT2D eigenvalue weighted by Crippen LogP contribution is -2.25. The van der Waals surface area contributed by atoms with Gasteiger partial charge in [0.15, 0.2) is 0 Å². The Morgan fingerprint density at radius 3 is 2.27 bits per heavy atom. The molecule has 2 unspecified atom stereocenters. The second-order valence-electron chi connectivity index (χ2n) is 2.68. The van der Waals surface area contributed by atoms with Crippen LogP contribution in [0, 0.1) is 0 Å². The van der Waals surface area contributed by atoms with E-state index < -0.39 is 12.3 Å². The maximum atomic E-state index is 9.12. The SMILES string of the molecule is NC(O)CC(O)CCCCO. The van der Waals surface area contributed by atoms with Crippen LogP contribution in [-0.4, -0.2) is 34.3 Å². The predicted octanol–water partition coefficient (Wildman–Crippen LogP) is -0.823. The average Bonchev–Trinajstić information content (AvgIpc) is 1.86. The molecule has 0 saturated carbocycles. The Hall–Kier alpha value is -0.160. The van der Waals surface area contributed by atoms with Gasteiger partial charge in [-0.15, -0.1) is 0 Å². The summed E-state index contributed by atoms with van der Waals surface area (Å²) >= 11 is 0. The maximum absolute atomic E-state index is 9.12. The summed E-state index contributed by atoms with van der Waals surface area (Å²) in [4.78, 5) is 0. The third-order valence-electron chi connectivity index (χ3n) is 1.46. The molecule has 0 aromatic heterocycles. The molecule has 4 nitrogen and oxygen atoms in total. The predicted molar refractivity (Wildman–Crippen MR) is 41.8 cm³/mol. The molecule has 0 rings (SSSR count). The quantitative estimate of drug-likeness (QED) is 0.304. The lowest BCUT2D eigenvalue weighted by Gasteiger charge is -2.11. The molecule has 0 aliphatic rings. The normalized spacial score (nSPS) is 16.4. The molecule has 4 heteroatoms. The molecule has 0 fully saturated rings. The molecule has 0 aliphatic carbocycles. The van der Waals surface area contributed by atoms with E-state index in [4.69, 9.17) is 21.1 Å². The number of rotatable bonds is 6. The summed E-state index contributed by atoms with van der Waals surface area (Å²) in [7, 11) is 0. The van der Waals surface area contributed by atoms with E-state index in [0.717, 1.165) is 6.42 Å². The Labute approximate surface area is 66.7 Å². The number of aliphatic hydroxyl groups excluding tert-OH is 3. The summed E-state index contributed by atoms with van der Waals surface area (Å²) in [6.07, 6.45) is 0.795. The highest BCUT2D eigenvalue weighted by molar-refractivity contribution is 4.58. The van der Waals surface area contributed by atoms with E-state index in [-0.39, 0.29) is 13.0 Å². The van der Waals surface area contributed by atoms with Crippen LogP contribution in [0.4, 0.5) is 0 Å². The van der Waals surface area contributed by atoms with Crippen LogP contribution in [0.25, 0.3) is 0 Å². The van der Waals surface area contributed by atoms with Crippen LogP contribution in [0.1, 0.15) is 25.7 Å². The van der Waals surface area contributed by atoms with E-state index in [9.17, 15) is 0 Å². The third kappa shape index (κ3) is 7.74. The number of unbranched alkanes of at least 4 members (excludes halogenated alkanes) is 1. The van der Waals surface area contributed by atoms with Crippen molar-refractivity contribution in [2.75, 3.05) is 6.61 Å². The molecule has 5 N–H and O–H groups in total. The molecule has 68 valence electrons. The van der Waals surface area contributed by atoms with Gasteiger partial charge >= 0.3 is 0 Å². The van der Waals surface area contributed by atoms with Crippen molar-refractivity contribution in [1.29, 1.82) is 0 Å². The minimum atomic E-state index is -0.931. The summed E-state index contributed by atoms with van der Waals surface area (Å²) in [6, 6.07) is 0. The molecular weight excluding hydrogens is 146 g/mol. The monoisotopic (exact) mass is 163 g/mol. The maximum Gasteiger partial charge on any atom is 0.104 e. The Morgan fingerprint density at radius 2 is 1.82 bits per heavy atom. The summed E-state index contributed by atoms with van der Waals surface area (Å²) in [5.74, 6) is 0. The molecule has 0 heterocycles. The first-order valence-corrected chi connectivity index (χ1v) is 3.89. The summed E-state index contributed by atoms with van der Waals surface area (Å²) in [6.45, 7) is 0.151. The molecular formula is C7H17NO3. The van der Waals surface area contributed by atoms with Gasteiger partial charge in [-0.1, -0.05) is 0 Å². The zero-order valence-electron chi connectivity index (χ0n) is 6.61. The van der Waals surface area contributed by atoms with Crippen LogP contribution in [0.5, 0.6) is 0 Å².